The van der Waals surface area contributed by atoms with E-state index in [0.29, 0.717) is 24.0 Å². The van der Waals surface area contributed by atoms with Crippen molar-refractivity contribution in [3.63, 3.8) is 0 Å². The van der Waals surface area contributed by atoms with E-state index in [1.807, 2.05) is 0 Å². The number of Topliss-reactive ketones (excluding diaryl/α,β-unsaturated/α-hetero) is 1. The number of hydrogen-bond donors (Lipinski definition) is 11. The lowest BCUT2D eigenvalue weighted by atomic mass is 9.93. The number of carbonyl (C=O) groups excluding carboxylic acids is 5. The highest BCUT2D eigenvalue weighted by molar-refractivity contribution is 7.98. The number of aliphatic carboxylic acids is 5. The fourth-order valence-electron chi connectivity index (χ4n) is 4.94. The molecule has 56 heavy (non-hydrogen) atoms. The highest BCUT2D eigenvalue weighted by Gasteiger charge is 2.32. The number of carboxylic acids is 5. The number of rotatable bonds is 28. The van der Waals surface area contributed by atoms with Gasteiger partial charge in [-0.3, -0.25) is 28.8 Å². The van der Waals surface area contributed by atoms with Crippen LogP contribution >= 0.6 is 11.8 Å². The standard InChI is InChI=1S/C34H48N6O15S/c1-56-18-24(32(52)53)39-30(49)21(15-28(45)46)14-25(41)23(16-29(47)48)38-26(42)13-19-7-9-20(10-8-19)17-37-33(54)35-11-3-2-5-22(31(50)51)40-34(55)36-12-4-6-27(43)44/h7-10,21-24H,2-6,11-18H2,1H3,(H,38,42)(H,39,49)(H,43,44)(H,45,46)(H,47,48)(H,50,51)(H,52,53)(H2,35,37,54)(H2,36,40,55)/t21-,22-,23-,24-/m0/s1. The number of thioether (sulfide) groups is 1. The zero-order valence-corrected chi connectivity index (χ0v) is 31.4. The van der Waals surface area contributed by atoms with Crippen molar-refractivity contribution in [3.05, 3.63) is 35.4 Å². The molecule has 0 bridgehead atoms. The van der Waals surface area contributed by atoms with Crippen LogP contribution in [0.4, 0.5) is 9.59 Å². The second-order valence-electron chi connectivity index (χ2n) is 12.4. The molecule has 0 aliphatic heterocycles. The van der Waals surface area contributed by atoms with Crippen molar-refractivity contribution in [2.45, 2.75) is 82.5 Å². The minimum absolute atomic E-state index is 0.0361. The Bertz CT molecular complexity index is 1560. The zero-order chi connectivity index (χ0) is 42.2. The van der Waals surface area contributed by atoms with Crippen LogP contribution in [0.1, 0.15) is 62.5 Å². The number of unbranched alkanes of at least 4 members (excludes halogenated alkanes) is 1. The first-order chi connectivity index (χ1) is 26.4. The molecule has 0 radical (unpaired) electrons. The molecule has 0 heterocycles. The third kappa shape index (κ3) is 21.1. The van der Waals surface area contributed by atoms with E-state index in [0.717, 1.165) is 11.8 Å². The summed E-state index contributed by atoms with van der Waals surface area (Å²) >= 11 is 1.11. The van der Waals surface area contributed by atoms with Gasteiger partial charge in [-0.15, -0.1) is 0 Å². The molecule has 310 valence electrons. The quantitative estimate of drug-likeness (QED) is 0.0486. The van der Waals surface area contributed by atoms with Gasteiger partial charge in [0.25, 0.3) is 0 Å². The number of nitrogens with one attached hydrogen (secondary N) is 6. The van der Waals surface area contributed by atoms with Gasteiger partial charge in [-0.25, -0.2) is 19.2 Å². The molecule has 1 aromatic carbocycles. The normalized spacial score (nSPS) is 12.7. The highest BCUT2D eigenvalue weighted by atomic mass is 32.2. The third-order valence-corrected chi connectivity index (χ3v) is 8.46. The first-order valence-corrected chi connectivity index (χ1v) is 18.7. The Hall–Kier alpha value is -5.93. The molecule has 11 N–H and O–H groups in total. The molecule has 0 fully saturated rings. The lowest BCUT2D eigenvalue weighted by Gasteiger charge is -2.21. The van der Waals surface area contributed by atoms with E-state index < -0.39 is 103 Å². The summed E-state index contributed by atoms with van der Waals surface area (Å²) < 4.78 is 0. The molecule has 0 aliphatic carbocycles. The molecule has 1 aromatic rings. The lowest BCUT2D eigenvalue weighted by molar-refractivity contribution is -0.145. The number of benzene rings is 1. The van der Waals surface area contributed by atoms with E-state index in [9.17, 15) is 68.4 Å². The Kier molecular flexibility index (Phi) is 22.3. The summed E-state index contributed by atoms with van der Waals surface area (Å²) in [5.74, 6) is -10.8. The fourth-order valence-corrected chi connectivity index (χ4v) is 5.50. The first kappa shape index (κ1) is 48.1. The van der Waals surface area contributed by atoms with Crippen LogP contribution in [0.3, 0.4) is 0 Å². The Balaban J connectivity index is 2.61. The van der Waals surface area contributed by atoms with Crippen LogP contribution in [0.5, 0.6) is 0 Å². The summed E-state index contributed by atoms with van der Waals surface area (Å²) in [6.07, 6.45) is -0.302. The van der Waals surface area contributed by atoms with Crippen molar-refractivity contribution in [2.24, 2.45) is 5.92 Å². The molecule has 0 spiro atoms. The Morgan fingerprint density at radius 2 is 1.20 bits per heavy atom. The van der Waals surface area contributed by atoms with Crippen LogP contribution in [-0.2, 0) is 51.3 Å². The maximum absolute atomic E-state index is 13.1. The van der Waals surface area contributed by atoms with Gasteiger partial charge in [0, 0.05) is 38.2 Å². The SMILES string of the molecule is CSC[C@H](NC(=O)[C@H](CC(=O)O)CC(=O)[C@H](CC(=O)O)NC(=O)Cc1ccc(CNC(=O)NCCCC[C@H](NC(=O)NCCCC(=O)O)C(=O)O)cc1)C(=O)O. The lowest BCUT2D eigenvalue weighted by Crippen LogP contribution is -2.48. The molecule has 0 aromatic heterocycles. The summed E-state index contributed by atoms with van der Waals surface area (Å²) in [4.78, 5) is 119. The van der Waals surface area contributed by atoms with Crippen molar-refractivity contribution >= 4 is 71.3 Å². The van der Waals surface area contributed by atoms with E-state index >= 15 is 0 Å². The van der Waals surface area contributed by atoms with Gasteiger partial charge in [0.15, 0.2) is 5.78 Å². The maximum Gasteiger partial charge on any atom is 0.327 e. The summed E-state index contributed by atoms with van der Waals surface area (Å²) in [5, 5.41) is 60.3. The number of carboxylic acid groups (broad SMARTS) is 5. The molecule has 0 unspecified atom stereocenters. The fraction of sp³-hybridized carbons (Fsp3) is 0.529. The van der Waals surface area contributed by atoms with Gasteiger partial charge in [0.1, 0.15) is 12.1 Å². The monoisotopic (exact) mass is 812 g/mol. The predicted molar refractivity (Wildman–Crippen MR) is 197 cm³/mol. The van der Waals surface area contributed by atoms with Gasteiger partial charge in [-0.2, -0.15) is 11.8 Å². The van der Waals surface area contributed by atoms with Crippen molar-refractivity contribution in [1.29, 1.82) is 0 Å². The average molecular weight is 813 g/mol. The first-order valence-electron chi connectivity index (χ1n) is 17.3. The minimum atomic E-state index is -1.61. The number of carbonyl (C=O) groups is 10. The predicted octanol–water partition coefficient (Wildman–Crippen LogP) is -0.242. The zero-order valence-electron chi connectivity index (χ0n) is 30.5. The molecule has 0 aliphatic rings. The van der Waals surface area contributed by atoms with Crippen molar-refractivity contribution < 1.29 is 73.5 Å². The third-order valence-electron chi connectivity index (χ3n) is 7.79. The molecule has 4 atom stereocenters. The number of hydrogen-bond acceptors (Lipinski definition) is 11. The highest BCUT2D eigenvalue weighted by Crippen LogP contribution is 2.15. The van der Waals surface area contributed by atoms with Crippen LogP contribution in [-0.4, -0.2) is 128 Å². The maximum atomic E-state index is 13.1. The van der Waals surface area contributed by atoms with Crippen LogP contribution in [0, 0.1) is 5.92 Å². The van der Waals surface area contributed by atoms with Crippen LogP contribution in [0.25, 0.3) is 0 Å². The minimum Gasteiger partial charge on any atom is -0.481 e. The topological polar surface area (TPSA) is 344 Å². The summed E-state index contributed by atoms with van der Waals surface area (Å²) in [6.45, 7) is 0.362. The average Bonchev–Trinajstić information content (AvgIpc) is 3.11. The number of urea groups is 2. The van der Waals surface area contributed by atoms with Crippen molar-refractivity contribution in [3.8, 4) is 0 Å². The second kappa shape index (κ2) is 26.0. The van der Waals surface area contributed by atoms with E-state index in [1.165, 1.54) is 0 Å². The Labute approximate surface area is 325 Å². The largest absolute Gasteiger partial charge is 0.481 e. The smallest absolute Gasteiger partial charge is 0.327 e. The number of amides is 6. The second-order valence-corrected chi connectivity index (χ2v) is 13.3. The van der Waals surface area contributed by atoms with Crippen molar-refractivity contribution in [2.75, 3.05) is 25.1 Å². The van der Waals surface area contributed by atoms with Crippen molar-refractivity contribution in [1.82, 2.24) is 31.9 Å². The van der Waals surface area contributed by atoms with Gasteiger partial charge < -0.3 is 57.4 Å². The molecule has 1 rings (SSSR count). The van der Waals surface area contributed by atoms with Crippen LogP contribution in [0.15, 0.2) is 24.3 Å². The van der Waals surface area contributed by atoms with Gasteiger partial charge >= 0.3 is 41.9 Å². The van der Waals surface area contributed by atoms with Crippen LogP contribution < -0.4 is 31.9 Å². The van der Waals surface area contributed by atoms with E-state index in [2.05, 4.69) is 31.9 Å². The molecule has 22 heteroatoms. The molecule has 6 amide bonds. The van der Waals surface area contributed by atoms with Gasteiger partial charge in [0.05, 0.1) is 31.2 Å². The number of ketones is 1. The molecular formula is C34H48N6O15S. The molecule has 0 saturated heterocycles. The van der Waals surface area contributed by atoms with E-state index in [-0.39, 0.29) is 51.1 Å². The van der Waals surface area contributed by atoms with E-state index in [4.69, 9.17) is 5.11 Å². The summed E-state index contributed by atoms with van der Waals surface area (Å²) in [6, 6.07) is 0.942. The summed E-state index contributed by atoms with van der Waals surface area (Å²) in [7, 11) is 0. The van der Waals surface area contributed by atoms with E-state index in [1.54, 1.807) is 30.5 Å². The molecule has 0 saturated carbocycles. The molecule has 21 nitrogen and oxygen atoms in total. The van der Waals surface area contributed by atoms with Gasteiger partial charge in [-0.1, -0.05) is 24.3 Å². The summed E-state index contributed by atoms with van der Waals surface area (Å²) in [5.41, 5.74) is 1.10. The van der Waals surface area contributed by atoms with Gasteiger partial charge in [-0.05, 0) is 43.1 Å². The van der Waals surface area contributed by atoms with Gasteiger partial charge in [0.2, 0.25) is 11.8 Å². The molecular weight excluding hydrogens is 764 g/mol. The van der Waals surface area contributed by atoms with Crippen LogP contribution in [0.2, 0.25) is 0 Å². The Morgan fingerprint density at radius 3 is 1.77 bits per heavy atom. The Morgan fingerprint density at radius 1 is 0.607 bits per heavy atom.